The average molecular weight is 388 g/mol. The number of phenols is 3. The molecule has 0 saturated carbocycles. The van der Waals surface area contributed by atoms with E-state index in [1.54, 1.807) is 0 Å². The monoisotopic (exact) mass is 388 g/mol. The summed E-state index contributed by atoms with van der Waals surface area (Å²) in [5.74, 6) is -3.07. The Balaban J connectivity index is 1.72. The first-order chi connectivity index (χ1) is 13.3. The van der Waals surface area contributed by atoms with Crippen molar-refractivity contribution in [3.63, 3.8) is 0 Å². The molecular weight excluding hydrogens is 368 g/mol. The molecule has 2 fully saturated rings. The van der Waals surface area contributed by atoms with Crippen molar-refractivity contribution in [1.82, 2.24) is 0 Å². The van der Waals surface area contributed by atoms with E-state index in [-0.39, 0.29) is 59.8 Å². The van der Waals surface area contributed by atoms with Crippen molar-refractivity contribution >= 4 is 5.78 Å². The van der Waals surface area contributed by atoms with Gasteiger partial charge >= 0.3 is 0 Å². The second-order valence-corrected chi connectivity index (χ2v) is 7.03. The van der Waals surface area contributed by atoms with Crippen LogP contribution in [-0.2, 0) is 15.9 Å². The maximum absolute atomic E-state index is 12.8. The standard InChI is InChI=1S/C20H20O8/c1-26-14-6-13(22)17(18(23)10-2-4-11(21)5-3-10)19(24)12(14)7-20(25)8-15-16(28-15)9-27-20/h2-6,15-16,21-22,24-25H,7-9H2,1H3/t15-,16+,20+/m1/s1. The number of aliphatic hydroxyl groups is 1. The number of ketones is 1. The third kappa shape index (κ3) is 3.26. The number of ether oxygens (including phenoxy) is 3. The Bertz CT molecular complexity index is 923. The molecule has 3 atom stereocenters. The van der Waals surface area contributed by atoms with E-state index in [1.165, 1.54) is 37.4 Å². The molecule has 0 aliphatic carbocycles. The van der Waals surface area contributed by atoms with Crippen LogP contribution in [-0.4, -0.2) is 57.9 Å². The molecule has 0 spiro atoms. The predicted molar refractivity (Wildman–Crippen MR) is 95.7 cm³/mol. The molecule has 2 saturated heterocycles. The molecule has 2 aromatic rings. The van der Waals surface area contributed by atoms with E-state index in [1.807, 2.05) is 0 Å². The Kier molecular flexibility index (Phi) is 4.41. The van der Waals surface area contributed by atoms with Gasteiger partial charge < -0.3 is 34.6 Å². The summed E-state index contributed by atoms with van der Waals surface area (Å²) >= 11 is 0. The topological polar surface area (TPSA) is 129 Å². The first-order valence-electron chi connectivity index (χ1n) is 8.78. The summed E-state index contributed by atoms with van der Waals surface area (Å²) in [7, 11) is 1.35. The summed E-state index contributed by atoms with van der Waals surface area (Å²) in [6, 6.07) is 6.63. The smallest absolute Gasteiger partial charge is 0.200 e. The van der Waals surface area contributed by atoms with Gasteiger partial charge in [-0.05, 0) is 24.3 Å². The number of fused-ring (bicyclic) bond motifs is 1. The third-order valence-corrected chi connectivity index (χ3v) is 5.10. The van der Waals surface area contributed by atoms with Crippen molar-refractivity contribution in [1.29, 1.82) is 0 Å². The minimum Gasteiger partial charge on any atom is -0.508 e. The summed E-state index contributed by atoms with van der Waals surface area (Å²) in [6.07, 6.45) is -0.0306. The Morgan fingerprint density at radius 3 is 2.57 bits per heavy atom. The quantitative estimate of drug-likeness (QED) is 0.448. The number of hydrogen-bond donors (Lipinski definition) is 4. The molecule has 0 amide bonds. The number of aromatic hydroxyl groups is 3. The molecule has 4 N–H and O–H groups in total. The lowest BCUT2D eigenvalue weighted by atomic mass is 9.92. The lowest BCUT2D eigenvalue weighted by molar-refractivity contribution is -0.216. The molecule has 8 heteroatoms. The van der Waals surface area contributed by atoms with Crippen molar-refractivity contribution in [2.45, 2.75) is 30.8 Å². The van der Waals surface area contributed by atoms with Crippen molar-refractivity contribution in [3.8, 4) is 23.0 Å². The Morgan fingerprint density at radius 2 is 1.93 bits per heavy atom. The maximum Gasteiger partial charge on any atom is 0.200 e. The van der Waals surface area contributed by atoms with E-state index in [2.05, 4.69) is 0 Å². The lowest BCUT2D eigenvalue weighted by Crippen LogP contribution is -2.41. The molecule has 0 unspecified atom stereocenters. The van der Waals surface area contributed by atoms with Gasteiger partial charge in [0.25, 0.3) is 0 Å². The van der Waals surface area contributed by atoms with Gasteiger partial charge in [-0.3, -0.25) is 4.79 Å². The number of carbonyl (C=O) groups is 1. The van der Waals surface area contributed by atoms with Gasteiger partial charge in [-0.15, -0.1) is 0 Å². The zero-order valence-electron chi connectivity index (χ0n) is 15.1. The maximum atomic E-state index is 12.8. The summed E-state index contributed by atoms with van der Waals surface area (Å²) < 4.78 is 16.1. The van der Waals surface area contributed by atoms with E-state index in [4.69, 9.17) is 14.2 Å². The second-order valence-electron chi connectivity index (χ2n) is 7.03. The zero-order valence-corrected chi connectivity index (χ0v) is 15.1. The van der Waals surface area contributed by atoms with Crippen LogP contribution in [0.5, 0.6) is 23.0 Å². The number of rotatable bonds is 5. The fraction of sp³-hybridized carbons (Fsp3) is 0.350. The summed E-state index contributed by atoms with van der Waals surface area (Å²) in [4.78, 5) is 12.8. The van der Waals surface area contributed by atoms with Gasteiger partial charge in [0.2, 0.25) is 5.78 Å². The lowest BCUT2D eigenvalue weighted by Gasteiger charge is -2.31. The number of hydrogen-bond acceptors (Lipinski definition) is 8. The molecule has 0 radical (unpaired) electrons. The van der Waals surface area contributed by atoms with Crippen LogP contribution in [0.3, 0.4) is 0 Å². The van der Waals surface area contributed by atoms with Crippen LogP contribution < -0.4 is 4.74 Å². The van der Waals surface area contributed by atoms with Gasteiger partial charge in [0.15, 0.2) is 5.79 Å². The van der Waals surface area contributed by atoms with E-state index in [0.717, 1.165) is 0 Å². The van der Waals surface area contributed by atoms with Crippen molar-refractivity contribution in [2.75, 3.05) is 13.7 Å². The van der Waals surface area contributed by atoms with E-state index in [0.29, 0.717) is 0 Å². The molecule has 0 aromatic heterocycles. The number of methoxy groups -OCH3 is 1. The Morgan fingerprint density at radius 1 is 1.21 bits per heavy atom. The molecule has 2 aliphatic heterocycles. The van der Waals surface area contributed by atoms with Crippen LogP contribution in [0, 0.1) is 0 Å². The molecule has 2 aromatic carbocycles. The minimum absolute atomic E-state index is 0.0118. The first kappa shape index (κ1) is 18.5. The number of benzene rings is 2. The van der Waals surface area contributed by atoms with Gasteiger partial charge in [-0.25, -0.2) is 0 Å². The molecule has 2 heterocycles. The second kappa shape index (κ2) is 6.66. The van der Waals surface area contributed by atoms with Crippen molar-refractivity contribution in [3.05, 3.63) is 47.0 Å². The van der Waals surface area contributed by atoms with Gasteiger partial charge in [-0.2, -0.15) is 0 Å². The average Bonchev–Trinajstić information content (AvgIpc) is 3.42. The van der Waals surface area contributed by atoms with Gasteiger partial charge in [0.05, 0.1) is 19.8 Å². The first-order valence-corrected chi connectivity index (χ1v) is 8.78. The number of epoxide rings is 1. The number of carbonyl (C=O) groups excluding carboxylic acids is 1. The molecule has 0 bridgehead atoms. The summed E-state index contributed by atoms with van der Waals surface area (Å²) in [6.45, 7) is 0.238. The summed E-state index contributed by atoms with van der Waals surface area (Å²) in [5.41, 5.74) is -0.00755. The Labute approximate surface area is 160 Å². The van der Waals surface area contributed by atoms with Crippen LogP contribution >= 0.6 is 0 Å². The minimum atomic E-state index is -1.59. The van der Waals surface area contributed by atoms with Gasteiger partial charge in [0, 0.05) is 30.0 Å². The highest BCUT2D eigenvalue weighted by Gasteiger charge is 2.51. The highest BCUT2D eigenvalue weighted by atomic mass is 16.7. The summed E-state index contributed by atoms with van der Waals surface area (Å²) in [5, 5.41) is 41.2. The zero-order chi connectivity index (χ0) is 20.1. The van der Waals surface area contributed by atoms with Crippen molar-refractivity contribution < 1.29 is 39.4 Å². The van der Waals surface area contributed by atoms with Crippen LogP contribution in [0.1, 0.15) is 27.9 Å². The SMILES string of the molecule is COc1cc(O)c(C(=O)c2ccc(O)cc2)c(O)c1C[C@@]1(O)C[C@H]2O[C@H]2CO1. The molecule has 8 nitrogen and oxygen atoms in total. The number of phenolic OH excluding ortho intramolecular Hbond substituents is 3. The van der Waals surface area contributed by atoms with E-state index >= 15 is 0 Å². The third-order valence-electron chi connectivity index (χ3n) is 5.10. The van der Waals surface area contributed by atoms with Crippen LogP contribution in [0.2, 0.25) is 0 Å². The van der Waals surface area contributed by atoms with Gasteiger partial charge in [0.1, 0.15) is 34.7 Å². The normalized spacial score (nSPS) is 25.8. The van der Waals surface area contributed by atoms with Gasteiger partial charge in [-0.1, -0.05) is 0 Å². The van der Waals surface area contributed by atoms with E-state index < -0.39 is 23.1 Å². The highest BCUT2D eigenvalue weighted by molar-refractivity contribution is 6.12. The molecule has 2 aliphatic rings. The highest BCUT2D eigenvalue weighted by Crippen LogP contribution is 2.44. The Hall–Kier alpha value is -2.81. The fourth-order valence-corrected chi connectivity index (χ4v) is 3.52. The van der Waals surface area contributed by atoms with E-state index in [9.17, 15) is 25.2 Å². The van der Waals surface area contributed by atoms with Crippen molar-refractivity contribution in [2.24, 2.45) is 0 Å². The van der Waals surface area contributed by atoms with Crippen LogP contribution in [0.4, 0.5) is 0 Å². The largest absolute Gasteiger partial charge is 0.508 e. The molecule has 28 heavy (non-hydrogen) atoms. The molecule has 4 rings (SSSR count). The predicted octanol–water partition coefficient (Wildman–Crippen LogP) is 1.46. The van der Waals surface area contributed by atoms with Crippen LogP contribution in [0.25, 0.3) is 0 Å². The van der Waals surface area contributed by atoms with Crippen LogP contribution in [0.15, 0.2) is 30.3 Å². The fourth-order valence-electron chi connectivity index (χ4n) is 3.52. The molecule has 148 valence electrons. The molecular formula is C20H20O8.